The van der Waals surface area contributed by atoms with Crippen LogP contribution < -0.4 is 11.1 Å². The minimum atomic E-state index is 0. The quantitative estimate of drug-likeness (QED) is 0.285. The molecule has 1 fully saturated rings. The lowest BCUT2D eigenvalue weighted by molar-refractivity contribution is 0.117. The van der Waals surface area contributed by atoms with Crippen LogP contribution in [-0.4, -0.2) is 25.2 Å². The third-order valence-corrected chi connectivity index (χ3v) is 4.05. The molecule has 0 atom stereocenters. The molecule has 0 aliphatic heterocycles. The van der Waals surface area contributed by atoms with Crippen molar-refractivity contribution in [3.63, 3.8) is 0 Å². The Morgan fingerprint density at radius 1 is 1.13 bits per heavy atom. The number of nitrogens with two attached hydrogens (primary N) is 1. The second-order valence-corrected chi connectivity index (χ2v) is 5.99. The fraction of sp³-hybridized carbons (Fsp3) is 0.611. The molecule has 23 heavy (non-hydrogen) atoms. The van der Waals surface area contributed by atoms with Crippen molar-refractivity contribution in [1.29, 1.82) is 0 Å². The lowest BCUT2D eigenvalue weighted by atomic mass is 9.96. The Labute approximate surface area is 157 Å². The third kappa shape index (κ3) is 9.15. The van der Waals surface area contributed by atoms with E-state index in [0.717, 1.165) is 26.0 Å². The van der Waals surface area contributed by atoms with Crippen LogP contribution in [0.3, 0.4) is 0 Å². The summed E-state index contributed by atoms with van der Waals surface area (Å²) in [7, 11) is 0. The number of nitrogens with zero attached hydrogens (tertiary/aromatic N) is 1. The fourth-order valence-electron chi connectivity index (χ4n) is 2.78. The first-order valence-electron chi connectivity index (χ1n) is 8.53. The van der Waals surface area contributed by atoms with Gasteiger partial charge in [-0.2, -0.15) is 0 Å². The van der Waals surface area contributed by atoms with E-state index in [1.54, 1.807) is 0 Å². The zero-order valence-electron chi connectivity index (χ0n) is 13.9. The number of benzene rings is 1. The van der Waals surface area contributed by atoms with E-state index in [4.69, 9.17) is 10.5 Å². The second-order valence-electron chi connectivity index (χ2n) is 5.99. The summed E-state index contributed by atoms with van der Waals surface area (Å²) in [5, 5.41) is 3.34. The third-order valence-electron chi connectivity index (χ3n) is 4.05. The van der Waals surface area contributed by atoms with E-state index >= 15 is 0 Å². The molecule has 0 saturated heterocycles. The predicted octanol–water partition coefficient (Wildman–Crippen LogP) is 3.84. The molecule has 4 nitrogen and oxygen atoms in total. The minimum absolute atomic E-state index is 0. The van der Waals surface area contributed by atoms with Gasteiger partial charge in [0.25, 0.3) is 0 Å². The van der Waals surface area contributed by atoms with Gasteiger partial charge in [0.05, 0.1) is 6.61 Å². The maximum atomic E-state index is 5.93. The Kier molecular flexibility index (Phi) is 11.1. The Bertz CT molecular complexity index is 433. The van der Waals surface area contributed by atoms with E-state index in [1.807, 2.05) is 18.2 Å². The van der Waals surface area contributed by atoms with Crippen molar-refractivity contribution in [3.8, 4) is 0 Å². The van der Waals surface area contributed by atoms with Gasteiger partial charge in [-0.1, -0.05) is 49.6 Å². The number of rotatable bonds is 8. The van der Waals surface area contributed by atoms with Crippen LogP contribution in [0.1, 0.15) is 50.5 Å². The molecule has 5 heteroatoms. The first-order valence-corrected chi connectivity index (χ1v) is 8.53. The molecule has 2 rings (SSSR count). The Morgan fingerprint density at radius 3 is 2.61 bits per heavy atom. The lowest BCUT2D eigenvalue weighted by Gasteiger charge is -2.23. The van der Waals surface area contributed by atoms with E-state index in [1.165, 1.54) is 37.7 Å². The van der Waals surface area contributed by atoms with Crippen molar-refractivity contribution in [3.05, 3.63) is 35.9 Å². The normalized spacial score (nSPS) is 15.9. The standard InChI is InChI=1S/C18H29N3O.HI/c19-18(21-17-11-5-2-6-12-17)20-13-7-8-14-22-15-16-9-3-1-4-10-16;/h1,3-4,9-10,17H,2,5-8,11-15H2,(H3,19,20,21);1H. The molecule has 1 saturated carbocycles. The molecular formula is C18H30IN3O. The molecule has 1 aliphatic rings. The van der Waals surface area contributed by atoms with Crippen molar-refractivity contribution in [2.75, 3.05) is 13.2 Å². The van der Waals surface area contributed by atoms with Crippen LogP contribution in [0.2, 0.25) is 0 Å². The highest BCUT2D eigenvalue weighted by Gasteiger charge is 2.12. The topological polar surface area (TPSA) is 59.6 Å². The maximum absolute atomic E-state index is 5.93. The van der Waals surface area contributed by atoms with Crippen molar-refractivity contribution < 1.29 is 4.74 Å². The van der Waals surface area contributed by atoms with Gasteiger partial charge in [-0.15, -0.1) is 24.0 Å². The number of nitrogens with one attached hydrogen (secondary N) is 1. The van der Waals surface area contributed by atoms with Crippen LogP contribution in [0.5, 0.6) is 0 Å². The Hall–Kier alpha value is -0.820. The molecule has 0 radical (unpaired) electrons. The molecule has 1 aromatic carbocycles. The summed E-state index contributed by atoms with van der Waals surface area (Å²) in [6.07, 6.45) is 8.47. The summed E-state index contributed by atoms with van der Waals surface area (Å²) >= 11 is 0. The van der Waals surface area contributed by atoms with Crippen LogP contribution >= 0.6 is 24.0 Å². The summed E-state index contributed by atoms with van der Waals surface area (Å²) < 4.78 is 5.65. The van der Waals surface area contributed by atoms with Crippen molar-refractivity contribution in [2.45, 2.75) is 57.6 Å². The van der Waals surface area contributed by atoms with E-state index < -0.39 is 0 Å². The van der Waals surface area contributed by atoms with Gasteiger partial charge in [0.15, 0.2) is 5.96 Å². The average Bonchev–Trinajstić information content (AvgIpc) is 2.56. The summed E-state index contributed by atoms with van der Waals surface area (Å²) in [4.78, 5) is 4.40. The highest BCUT2D eigenvalue weighted by Crippen LogP contribution is 2.16. The molecule has 1 aromatic rings. The van der Waals surface area contributed by atoms with Gasteiger partial charge < -0.3 is 15.8 Å². The van der Waals surface area contributed by atoms with Gasteiger partial charge >= 0.3 is 0 Å². The number of aliphatic imine (C=N–C) groups is 1. The Morgan fingerprint density at radius 2 is 1.87 bits per heavy atom. The van der Waals surface area contributed by atoms with Gasteiger partial charge in [-0.3, -0.25) is 4.99 Å². The first kappa shape index (κ1) is 20.2. The minimum Gasteiger partial charge on any atom is -0.377 e. The molecule has 0 spiro atoms. The van der Waals surface area contributed by atoms with Crippen molar-refractivity contribution >= 4 is 29.9 Å². The van der Waals surface area contributed by atoms with Crippen LogP contribution in [0.25, 0.3) is 0 Å². The van der Waals surface area contributed by atoms with Crippen LogP contribution in [0.4, 0.5) is 0 Å². The molecular weight excluding hydrogens is 401 g/mol. The van der Waals surface area contributed by atoms with Crippen LogP contribution in [-0.2, 0) is 11.3 Å². The summed E-state index contributed by atoms with van der Waals surface area (Å²) in [5.41, 5.74) is 7.15. The van der Waals surface area contributed by atoms with E-state index in [0.29, 0.717) is 18.6 Å². The Balaban J connectivity index is 0.00000264. The number of hydrogen-bond donors (Lipinski definition) is 2. The van der Waals surface area contributed by atoms with Crippen molar-refractivity contribution in [1.82, 2.24) is 5.32 Å². The first-order chi connectivity index (χ1) is 10.8. The fourth-order valence-corrected chi connectivity index (χ4v) is 2.78. The SMILES string of the molecule is I.NC(=NCCCCOCc1ccccc1)NC1CCCCC1. The number of halogens is 1. The van der Waals surface area contributed by atoms with Crippen LogP contribution in [0, 0.1) is 0 Å². The number of ether oxygens (including phenoxy) is 1. The highest BCUT2D eigenvalue weighted by atomic mass is 127. The average molecular weight is 431 g/mol. The highest BCUT2D eigenvalue weighted by molar-refractivity contribution is 14.0. The zero-order chi connectivity index (χ0) is 15.5. The number of hydrogen-bond acceptors (Lipinski definition) is 2. The van der Waals surface area contributed by atoms with Crippen molar-refractivity contribution in [2.24, 2.45) is 10.7 Å². The molecule has 0 aromatic heterocycles. The summed E-state index contributed by atoms with van der Waals surface area (Å²) in [6, 6.07) is 10.8. The zero-order valence-corrected chi connectivity index (χ0v) is 16.2. The molecule has 1 aliphatic carbocycles. The smallest absolute Gasteiger partial charge is 0.188 e. The maximum Gasteiger partial charge on any atom is 0.188 e. The van der Waals surface area contributed by atoms with Gasteiger partial charge in [-0.25, -0.2) is 0 Å². The van der Waals surface area contributed by atoms with Gasteiger partial charge in [0.2, 0.25) is 0 Å². The van der Waals surface area contributed by atoms with Gasteiger partial charge in [0.1, 0.15) is 0 Å². The molecule has 0 heterocycles. The number of unbranched alkanes of at least 4 members (excludes halogenated alkanes) is 1. The second kappa shape index (κ2) is 12.6. The van der Waals surface area contributed by atoms with Gasteiger partial charge in [-0.05, 0) is 31.2 Å². The summed E-state index contributed by atoms with van der Waals surface area (Å²) in [5.74, 6) is 0.608. The van der Waals surface area contributed by atoms with E-state index in [2.05, 4.69) is 22.4 Å². The molecule has 0 bridgehead atoms. The largest absolute Gasteiger partial charge is 0.377 e. The van der Waals surface area contributed by atoms with E-state index in [9.17, 15) is 0 Å². The van der Waals surface area contributed by atoms with Gasteiger partial charge in [0, 0.05) is 19.2 Å². The van der Waals surface area contributed by atoms with E-state index in [-0.39, 0.29) is 24.0 Å². The van der Waals surface area contributed by atoms with Crippen LogP contribution in [0.15, 0.2) is 35.3 Å². The number of guanidine groups is 1. The molecule has 0 unspecified atom stereocenters. The monoisotopic (exact) mass is 431 g/mol. The molecule has 3 N–H and O–H groups in total. The molecule has 130 valence electrons. The predicted molar refractivity (Wildman–Crippen MR) is 107 cm³/mol. The molecule has 0 amide bonds. The lowest BCUT2D eigenvalue weighted by Crippen LogP contribution is -2.41. The summed E-state index contributed by atoms with van der Waals surface area (Å²) in [6.45, 7) is 2.25.